The topological polar surface area (TPSA) is 88.3 Å². The third-order valence-corrected chi connectivity index (χ3v) is 3.90. The maximum absolute atomic E-state index is 12.4. The monoisotopic (exact) mass is 294 g/mol. The van der Waals surface area contributed by atoms with Gasteiger partial charge in [-0.25, -0.2) is 9.48 Å². The van der Waals surface area contributed by atoms with E-state index in [-0.39, 0.29) is 23.6 Å². The third kappa shape index (κ3) is 3.40. The number of amides is 1. The molecule has 0 atom stereocenters. The fourth-order valence-corrected chi connectivity index (χ4v) is 2.70. The van der Waals surface area contributed by atoms with Gasteiger partial charge in [0.1, 0.15) is 0 Å². The number of hydrogen-bond acceptors (Lipinski definition) is 4. The van der Waals surface area contributed by atoms with E-state index < -0.39 is 5.97 Å². The first-order valence-corrected chi connectivity index (χ1v) is 7.50. The van der Waals surface area contributed by atoms with Gasteiger partial charge in [0.25, 0.3) is 0 Å². The van der Waals surface area contributed by atoms with E-state index in [2.05, 4.69) is 24.2 Å². The number of nitrogens with zero attached hydrogens (tertiary/aromatic N) is 4. The van der Waals surface area contributed by atoms with Crippen molar-refractivity contribution < 1.29 is 14.7 Å². The van der Waals surface area contributed by atoms with Crippen LogP contribution in [0.4, 0.5) is 0 Å². The molecule has 1 amide bonds. The first-order chi connectivity index (χ1) is 10.1. The van der Waals surface area contributed by atoms with Crippen LogP contribution < -0.4 is 0 Å². The number of carboxylic acid groups (broad SMARTS) is 1. The quantitative estimate of drug-likeness (QED) is 0.824. The van der Waals surface area contributed by atoms with Gasteiger partial charge in [0.05, 0.1) is 12.2 Å². The summed E-state index contributed by atoms with van der Waals surface area (Å²) in [7, 11) is 0. The highest BCUT2D eigenvalue weighted by Crippen LogP contribution is 2.25. The number of carbonyl (C=O) groups excluding carboxylic acids is 1. The smallest absolute Gasteiger partial charge is 0.358 e. The molecule has 0 aliphatic carbocycles. The Balaban J connectivity index is 1.89. The number of carboxylic acids is 1. The van der Waals surface area contributed by atoms with Gasteiger partial charge in [0.2, 0.25) is 5.91 Å². The highest BCUT2D eigenvalue weighted by molar-refractivity contribution is 5.84. The average molecular weight is 294 g/mol. The summed E-state index contributed by atoms with van der Waals surface area (Å²) < 4.78 is 1.54. The lowest BCUT2D eigenvalue weighted by atomic mass is 9.94. The summed E-state index contributed by atoms with van der Waals surface area (Å²) in [6.07, 6.45) is 5.31. The van der Waals surface area contributed by atoms with Crippen molar-refractivity contribution in [3.05, 3.63) is 11.9 Å². The molecule has 1 aliphatic heterocycles. The number of carbonyl (C=O) groups is 2. The van der Waals surface area contributed by atoms with Crippen molar-refractivity contribution in [2.24, 2.45) is 5.92 Å². The van der Waals surface area contributed by atoms with E-state index in [1.807, 2.05) is 4.90 Å². The maximum atomic E-state index is 12.4. The van der Waals surface area contributed by atoms with Gasteiger partial charge in [0, 0.05) is 19.0 Å². The number of rotatable bonds is 7. The van der Waals surface area contributed by atoms with Crippen molar-refractivity contribution in [1.29, 1.82) is 0 Å². The zero-order valence-electron chi connectivity index (χ0n) is 12.5. The third-order valence-electron chi connectivity index (χ3n) is 3.90. The molecule has 2 rings (SSSR count). The fraction of sp³-hybridized carbons (Fsp3) is 0.714. The molecule has 1 aromatic heterocycles. The minimum atomic E-state index is -1.08. The van der Waals surface area contributed by atoms with Crippen LogP contribution in [0.3, 0.4) is 0 Å². The molecule has 0 unspecified atom stereocenters. The lowest BCUT2D eigenvalue weighted by Gasteiger charge is -2.40. The molecule has 0 saturated carbocycles. The number of likely N-dealkylation sites (tertiary alicyclic amines) is 1. The van der Waals surface area contributed by atoms with Crippen LogP contribution in [0, 0.1) is 5.92 Å². The molecule has 1 aliphatic rings. The second-order valence-electron chi connectivity index (χ2n) is 5.56. The summed E-state index contributed by atoms with van der Waals surface area (Å²) in [6, 6.07) is 0.0402. The molecule has 1 N–H and O–H groups in total. The van der Waals surface area contributed by atoms with Crippen molar-refractivity contribution in [1.82, 2.24) is 19.9 Å². The molecular weight excluding hydrogens is 272 g/mol. The van der Waals surface area contributed by atoms with Gasteiger partial charge in [-0.15, -0.1) is 5.10 Å². The molecule has 7 nitrogen and oxygen atoms in total. The van der Waals surface area contributed by atoms with Crippen LogP contribution in [0.15, 0.2) is 6.20 Å². The Morgan fingerprint density at radius 1 is 1.33 bits per heavy atom. The van der Waals surface area contributed by atoms with Crippen LogP contribution >= 0.6 is 0 Å². The molecule has 1 aromatic rings. The Morgan fingerprint density at radius 3 is 2.43 bits per heavy atom. The highest BCUT2D eigenvalue weighted by atomic mass is 16.4. The zero-order valence-corrected chi connectivity index (χ0v) is 12.5. The number of aromatic carboxylic acids is 1. The number of hydrogen-bond donors (Lipinski definition) is 1. The van der Waals surface area contributed by atoms with Gasteiger partial charge in [-0.2, -0.15) is 0 Å². The summed E-state index contributed by atoms with van der Waals surface area (Å²) in [4.78, 5) is 25.0. The Labute approximate surface area is 123 Å². The normalized spacial score (nSPS) is 15.3. The van der Waals surface area contributed by atoms with Gasteiger partial charge >= 0.3 is 5.97 Å². The molecule has 0 bridgehead atoms. The SMILES string of the molecule is CCCC(CCC)C(=O)N1CC(n2cc(C(=O)O)nn2)C1. The Morgan fingerprint density at radius 2 is 1.95 bits per heavy atom. The van der Waals surface area contributed by atoms with Gasteiger partial charge in [-0.05, 0) is 12.8 Å². The summed E-state index contributed by atoms with van der Waals surface area (Å²) in [5.41, 5.74) is -0.0605. The Bertz CT molecular complexity index is 502. The van der Waals surface area contributed by atoms with Crippen LogP contribution in [0.5, 0.6) is 0 Å². The molecule has 1 saturated heterocycles. The molecule has 7 heteroatoms. The minimum absolute atomic E-state index is 0.0402. The second kappa shape index (κ2) is 6.69. The van der Waals surface area contributed by atoms with Gasteiger partial charge in [0.15, 0.2) is 5.69 Å². The Kier molecular flexibility index (Phi) is 4.93. The molecule has 0 radical (unpaired) electrons. The van der Waals surface area contributed by atoms with Crippen molar-refractivity contribution in [2.75, 3.05) is 13.1 Å². The Hall–Kier alpha value is -1.92. The maximum Gasteiger partial charge on any atom is 0.358 e. The van der Waals surface area contributed by atoms with E-state index in [9.17, 15) is 9.59 Å². The van der Waals surface area contributed by atoms with E-state index in [0.29, 0.717) is 13.1 Å². The summed E-state index contributed by atoms with van der Waals surface area (Å²) in [6.45, 7) is 5.37. The fourth-order valence-electron chi connectivity index (χ4n) is 2.70. The van der Waals surface area contributed by atoms with Gasteiger partial charge in [-0.3, -0.25) is 4.79 Å². The van der Waals surface area contributed by atoms with Crippen LogP contribution in [0.2, 0.25) is 0 Å². The van der Waals surface area contributed by atoms with Crippen LogP contribution in [-0.4, -0.2) is 50.0 Å². The zero-order chi connectivity index (χ0) is 15.4. The predicted molar refractivity (Wildman–Crippen MR) is 75.9 cm³/mol. The molecule has 0 aromatic carbocycles. The predicted octanol–water partition coefficient (Wildman–Crippen LogP) is 1.58. The standard InChI is InChI=1S/C14H22N4O3/c1-3-5-10(6-4-2)13(19)17-7-11(8-17)18-9-12(14(20)21)15-16-18/h9-11H,3-8H2,1-2H3,(H,20,21). The minimum Gasteiger partial charge on any atom is -0.476 e. The van der Waals surface area contributed by atoms with Gasteiger partial charge in [-0.1, -0.05) is 31.9 Å². The summed E-state index contributed by atoms with van der Waals surface area (Å²) in [5.74, 6) is -0.751. The van der Waals surface area contributed by atoms with Crippen molar-refractivity contribution in [3.8, 4) is 0 Å². The second-order valence-corrected chi connectivity index (χ2v) is 5.56. The van der Waals surface area contributed by atoms with E-state index >= 15 is 0 Å². The van der Waals surface area contributed by atoms with E-state index in [1.54, 1.807) is 4.68 Å². The lowest BCUT2D eigenvalue weighted by molar-refractivity contribution is -0.142. The summed E-state index contributed by atoms with van der Waals surface area (Å²) >= 11 is 0. The molecule has 116 valence electrons. The van der Waals surface area contributed by atoms with Crippen molar-refractivity contribution in [2.45, 2.75) is 45.6 Å². The molecule has 1 fully saturated rings. The van der Waals surface area contributed by atoms with E-state index in [0.717, 1.165) is 25.7 Å². The lowest BCUT2D eigenvalue weighted by Crippen LogP contribution is -2.52. The van der Waals surface area contributed by atoms with Crippen LogP contribution in [0.1, 0.15) is 56.1 Å². The molecular formula is C14H22N4O3. The van der Waals surface area contributed by atoms with Crippen LogP contribution in [-0.2, 0) is 4.79 Å². The first-order valence-electron chi connectivity index (χ1n) is 7.50. The average Bonchev–Trinajstić information content (AvgIpc) is 2.86. The van der Waals surface area contributed by atoms with Gasteiger partial charge < -0.3 is 10.0 Å². The number of aromatic nitrogens is 3. The molecule has 2 heterocycles. The first kappa shape index (κ1) is 15.5. The van der Waals surface area contributed by atoms with Crippen LogP contribution in [0.25, 0.3) is 0 Å². The van der Waals surface area contributed by atoms with Crippen molar-refractivity contribution in [3.63, 3.8) is 0 Å². The highest BCUT2D eigenvalue weighted by Gasteiger charge is 2.35. The summed E-state index contributed by atoms with van der Waals surface area (Å²) in [5, 5.41) is 16.2. The largest absolute Gasteiger partial charge is 0.476 e. The van der Waals surface area contributed by atoms with E-state index in [1.165, 1.54) is 6.20 Å². The van der Waals surface area contributed by atoms with E-state index in [4.69, 9.17) is 5.11 Å². The molecule has 0 spiro atoms. The van der Waals surface area contributed by atoms with Crippen molar-refractivity contribution >= 4 is 11.9 Å². The molecule has 21 heavy (non-hydrogen) atoms.